The maximum absolute atomic E-state index is 5.82. The van der Waals surface area contributed by atoms with E-state index in [2.05, 4.69) is 12.6 Å². The summed E-state index contributed by atoms with van der Waals surface area (Å²) in [6.45, 7) is 0.419. The molecule has 1 aromatic carbocycles. The molecule has 13 heavy (non-hydrogen) atoms. The van der Waals surface area contributed by atoms with Crippen molar-refractivity contribution < 1.29 is 4.74 Å². The topological polar surface area (TPSA) is 35.2 Å². The Hall–Kier alpha value is -0.800. The molecule has 0 saturated carbocycles. The maximum atomic E-state index is 5.82. The Morgan fingerprint density at radius 3 is 3.00 bits per heavy atom. The van der Waals surface area contributed by atoms with Gasteiger partial charge in [0.05, 0.1) is 5.70 Å². The van der Waals surface area contributed by atoms with Crippen molar-refractivity contribution in [2.24, 2.45) is 5.73 Å². The Bertz CT molecular complexity index is 389. The molecular weight excluding hydrogens is 206 g/mol. The molecule has 68 valence electrons. The first-order chi connectivity index (χ1) is 6.18. The van der Waals surface area contributed by atoms with Crippen LogP contribution >= 0.6 is 24.2 Å². The Labute approximate surface area is 86.7 Å². The highest BCUT2D eigenvalue weighted by Crippen LogP contribution is 2.33. The van der Waals surface area contributed by atoms with Crippen LogP contribution in [0.5, 0.6) is 5.75 Å². The van der Waals surface area contributed by atoms with Gasteiger partial charge in [-0.3, -0.25) is 0 Å². The van der Waals surface area contributed by atoms with Crippen LogP contribution in [0, 0.1) is 0 Å². The molecule has 0 saturated heterocycles. The van der Waals surface area contributed by atoms with E-state index in [-0.39, 0.29) is 0 Å². The minimum atomic E-state index is 0.419. The highest BCUT2D eigenvalue weighted by atomic mass is 35.5. The number of benzene rings is 1. The number of fused-ring (bicyclic) bond motifs is 1. The first kappa shape index (κ1) is 8.78. The van der Waals surface area contributed by atoms with Gasteiger partial charge in [-0.2, -0.15) is 0 Å². The first-order valence-corrected chi connectivity index (χ1v) is 4.61. The first-order valence-electron chi connectivity index (χ1n) is 3.79. The minimum Gasteiger partial charge on any atom is -0.488 e. The highest BCUT2D eigenvalue weighted by Gasteiger charge is 2.15. The molecule has 0 aliphatic carbocycles. The standard InChI is InChI=1S/C9H8ClNOS/c10-5-1-2-6-7(3-5)12-4-8(13)9(6)11/h1-3,13H,4,11H2. The summed E-state index contributed by atoms with van der Waals surface area (Å²) in [5.41, 5.74) is 7.35. The van der Waals surface area contributed by atoms with Gasteiger partial charge in [0.25, 0.3) is 0 Å². The molecule has 0 spiro atoms. The van der Waals surface area contributed by atoms with E-state index in [1.165, 1.54) is 0 Å². The maximum Gasteiger partial charge on any atom is 0.130 e. The smallest absolute Gasteiger partial charge is 0.130 e. The summed E-state index contributed by atoms with van der Waals surface area (Å²) in [7, 11) is 0. The van der Waals surface area contributed by atoms with Crippen LogP contribution in [0.2, 0.25) is 5.02 Å². The van der Waals surface area contributed by atoms with Crippen molar-refractivity contribution >= 4 is 29.9 Å². The van der Waals surface area contributed by atoms with Crippen molar-refractivity contribution in [3.8, 4) is 5.75 Å². The summed E-state index contributed by atoms with van der Waals surface area (Å²) in [4.78, 5) is 0.759. The van der Waals surface area contributed by atoms with Crippen LogP contribution in [0.15, 0.2) is 23.1 Å². The van der Waals surface area contributed by atoms with Crippen molar-refractivity contribution in [3.63, 3.8) is 0 Å². The number of halogens is 1. The van der Waals surface area contributed by atoms with Gasteiger partial charge < -0.3 is 10.5 Å². The van der Waals surface area contributed by atoms with Gasteiger partial charge in [0, 0.05) is 15.5 Å². The fourth-order valence-electron chi connectivity index (χ4n) is 1.22. The van der Waals surface area contributed by atoms with Crippen molar-refractivity contribution in [1.29, 1.82) is 0 Å². The summed E-state index contributed by atoms with van der Waals surface area (Å²) >= 11 is 10.0. The Morgan fingerprint density at radius 2 is 2.23 bits per heavy atom. The second-order valence-electron chi connectivity index (χ2n) is 2.79. The summed E-state index contributed by atoms with van der Waals surface area (Å²) in [5.74, 6) is 0.725. The minimum absolute atomic E-state index is 0.419. The molecule has 0 bridgehead atoms. The highest BCUT2D eigenvalue weighted by molar-refractivity contribution is 7.84. The molecule has 0 radical (unpaired) electrons. The lowest BCUT2D eigenvalue weighted by Gasteiger charge is -2.19. The Balaban J connectivity index is 2.58. The van der Waals surface area contributed by atoms with E-state index in [0.29, 0.717) is 17.3 Å². The molecule has 2 rings (SSSR count). The third kappa shape index (κ3) is 1.49. The zero-order valence-electron chi connectivity index (χ0n) is 6.75. The molecule has 4 heteroatoms. The quantitative estimate of drug-likeness (QED) is 0.649. The third-order valence-corrected chi connectivity index (χ3v) is 2.51. The van der Waals surface area contributed by atoms with Crippen molar-refractivity contribution in [2.45, 2.75) is 0 Å². The molecule has 1 aliphatic rings. The fraction of sp³-hybridized carbons (Fsp3) is 0.111. The van der Waals surface area contributed by atoms with E-state index >= 15 is 0 Å². The zero-order chi connectivity index (χ0) is 9.42. The summed E-state index contributed by atoms with van der Waals surface area (Å²) in [6, 6.07) is 5.37. The van der Waals surface area contributed by atoms with E-state index in [0.717, 1.165) is 16.2 Å². The monoisotopic (exact) mass is 213 g/mol. The predicted octanol–water partition coefficient (Wildman–Crippen LogP) is 2.29. The predicted molar refractivity (Wildman–Crippen MR) is 57.0 cm³/mol. The van der Waals surface area contributed by atoms with E-state index in [4.69, 9.17) is 22.1 Å². The average molecular weight is 214 g/mol. The van der Waals surface area contributed by atoms with Gasteiger partial charge in [-0.15, -0.1) is 12.6 Å². The molecular formula is C9H8ClNOS. The van der Waals surface area contributed by atoms with E-state index in [1.807, 2.05) is 6.07 Å². The van der Waals surface area contributed by atoms with Gasteiger partial charge in [-0.05, 0) is 18.2 Å². The molecule has 0 amide bonds. The molecule has 1 heterocycles. The lowest BCUT2D eigenvalue weighted by molar-refractivity contribution is 0.354. The summed E-state index contributed by atoms with van der Waals surface area (Å²) in [6.07, 6.45) is 0. The van der Waals surface area contributed by atoms with Crippen LogP contribution in [-0.2, 0) is 0 Å². The number of nitrogens with two attached hydrogens (primary N) is 1. The van der Waals surface area contributed by atoms with Crippen molar-refractivity contribution in [1.82, 2.24) is 0 Å². The van der Waals surface area contributed by atoms with Crippen molar-refractivity contribution in [3.05, 3.63) is 33.7 Å². The average Bonchev–Trinajstić information content (AvgIpc) is 2.12. The number of rotatable bonds is 0. The van der Waals surface area contributed by atoms with Gasteiger partial charge in [0.1, 0.15) is 12.4 Å². The second kappa shape index (κ2) is 3.16. The van der Waals surface area contributed by atoms with Crippen molar-refractivity contribution in [2.75, 3.05) is 6.61 Å². The van der Waals surface area contributed by atoms with E-state index in [9.17, 15) is 0 Å². The van der Waals surface area contributed by atoms with Gasteiger partial charge in [-0.1, -0.05) is 11.6 Å². The van der Waals surface area contributed by atoms with Crippen LogP contribution < -0.4 is 10.5 Å². The van der Waals surface area contributed by atoms with Crippen LogP contribution in [0.1, 0.15) is 5.56 Å². The molecule has 0 fully saturated rings. The number of hydrogen-bond donors (Lipinski definition) is 2. The number of ether oxygens (including phenoxy) is 1. The third-order valence-electron chi connectivity index (χ3n) is 1.91. The van der Waals surface area contributed by atoms with Crippen LogP contribution in [0.4, 0.5) is 0 Å². The van der Waals surface area contributed by atoms with E-state index < -0.39 is 0 Å². The van der Waals surface area contributed by atoms with Gasteiger partial charge in [0.2, 0.25) is 0 Å². The normalized spacial score (nSPS) is 15.2. The molecule has 0 aromatic heterocycles. The van der Waals surface area contributed by atoms with Gasteiger partial charge in [-0.25, -0.2) is 0 Å². The van der Waals surface area contributed by atoms with E-state index in [1.54, 1.807) is 12.1 Å². The largest absolute Gasteiger partial charge is 0.488 e. The van der Waals surface area contributed by atoms with Gasteiger partial charge >= 0.3 is 0 Å². The van der Waals surface area contributed by atoms with Crippen LogP contribution in [0.3, 0.4) is 0 Å². The molecule has 2 nitrogen and oxygen atoms in total. The molecule has 0 unspecified atom stereocenters. The summed E-state index contributed by atoms with van der Waals surface area (Å²) in [5, 5.41) is 0.647. The molecule has 2 N–H and O–H groups in total. The lowest BCUT2D eigenvalue weighted by atomic mass is 10.1. The molecule has 0 atom stereocenters. The molecule has 1 aliphatic heterocycles. The second-order valence-corrected chi connectivity index (χ2v) is 3.77. The van der Waals surface area contributed by atoms with Crippen LogP contribution in [-0.4, -0.2) is 6.61 Å². The fourth-order valence-corrected chi connectivity index (χ4v) is 1.56. The zero-order valence-corrected chi connectivity index (χ0v) is 8.40. The van der Waals surface area contributed by atoms with Crippen LogP contribution in [0.25, 0.3) is 5.70 Å². The molecule has 1 aromatic rings. The van der Waals surface area contributed by atoms with Gasteiger partial charge in [0.15, 0.2) is 0 Å². The number of hydrogen-bond acceptors (Lipinski definition) is 3. The Kier molecular flexibility index (Phi) is 2.14. The summed E-state index contributed by atoms with van der Waals surface area (Å²) < 4.78 is 5.39. The lowest BCUT2D eigenvalue weighted by Crippen LogP contribution is -2.12. The number of thiol groups is 1. The SMILES string of the molecule is NC1=C(S)COc2cc(Cl)ccc21. The Morgan fingerprint density at radius 1 is 1.46 bits per heavy atom.